The van der Waals surface area contributed by atoms with Gasteiger partial charge in [-0.3, -0.25) is 4.79 Å². The lowest BCUT2D eigenvalue weighted by Gasteiger charge is -2.08. The molecule has 0 aliphatic carbocycles. The van der Waals surface area contributed by atoms with Gasteiger partial charge in [-0.25, -0.2) is 0 Å². The van der Waals surface area contributed by atoms with E-state index in [1.807, 2.05) is 0 Å². The Morgan fingerprint density at radius 2 is 1.82 bits per heavy atom. The van der Waals surface area contributed by atoms with Crippen molar-refractivity contribution < 1.29 is 22.7 Å². The summed E-state index contributed by atoms with van der Waals surface area (Å²) in [4.78, 5) is 11.0. The Bertz CT molecular complexity index is 368. The van der Waals surface area contributed by atoms with Crippen molar-refractivity contribution in [2.24, 2.45) is 0 Å². The number of ketones is 1. The first-order chi connectivity index (χ1) is 7.88. The highest BCUT2D eigenvalue weighted by molar-refractivity contribution is 5.94. The Hall–Kier alpha value is -1.52. The molecule has 0 saturated heterocycles. The van der Waals surface area contributed by atoms with Gasteiger partial charge >= 0.3 is 6.18 Å². The van der Waals surface area contributed by atoms with Gasteiger partial charge in [-0.05, 0) is 37.6 Å². The minimum Gasteiger partial charge on any atom is -0.494 e. The standard InChI is InChI=1S/C12H13F3O2/c1-9(16)10-3-5-11(6-4-10)17-8-2-7-12(13,14)15/h3-6H,2,7-8H2,1H3. The van der Waals surface area contributed by atoms with Crippen LogP contribution >= 0.6 is 0 Å². The number of carbonyl (C=O) groups is 1. The number of hydrogen-bond acceptors (Lipinski definition) is 2. The van der Waals surface area contributed by atoms with Crippen LogP contribution < -0.4 is 4.74 Å². The molecule has 0 atom stereocenters. The van der Waals surface area contributed by atoms with Gasteiger partial charge in [-0.2, -0.15) is 13.2 Å². The molecule has 0 amide bonds. The van der Waals surface area contributed by atoms with Crippen LogP contribution in [0.1, 0.15) is 30.1 Å². The molecule has 0 aliphatic rings. The summed E-state index contributed by atoms with van der Waals surface area (Å²) in [6, 6.07) is 6.32. The van der Waals surface area contributed by atoms with Crippen LogP contribution in [0.3, 0.4) is 0 Å². The summed E-state index contributed by atoms with van der Waals surface area (Å²) >= 11 is 0. The maximum absolute atomic E-state index is 11.8. The third-order valence-electron chi connectivity index (χ3n) is 2.13. The lowest BCUT2D eigenvalue weighted by Crippen LogP contribution is -2.09. The molecule has 0 spiro atoms. The van der Waals surface area contributed by atoms with Gasteiger partial charge in [0.2, 0.25) is 0 Å². The van der Waals surface area contributed by atoms with E-state index in [9.17, 15) is 18.0 Å². The summed E-state index contributed by atoms with van der Waals surface area (Å²) in [5.74, 6) is 0.408. The Kier molecular flexibility index (Phi) is 4.54. The van der Waals surface area contributed by atoms with Crippen LogP contribution in [0.2, 0.25) is 0 Å². The van der Waals surface area contributed by atoms with Gasteiger partial charge in [0.25, 0.3) is 0 Å². The predicted octanol–water partition coefficient (Wildman–Crippen LogP) is 3.61. The van der Waals surface area contributed by atoms with Crippen molar-refractivity contribution in [2.45, 2.75) is 25.9 Å². The van der Waals surface area contributed by atoms with E-state index in [1.54, 1.807) is 24.3 Å². The van der Waals surface area contributed by atoms with Gasteiger partial charge < -0.3 is 4.74 Å². The summed E-state index contributed by atoms with van der Waals surface area (Å²) < 4.78 is 40.6. The molecule has 1 aromatic carbocycles. The molecule has 5 heteroatoms. The molecule has 0 heterocycles. The first kappa shape index (κ1) is 13.5. The molecule has 1 rings (SSSR count). The smallest absolute Gasteiger partial charge is 0.389 e. The van der Waals surface area contributed by atoms with Gasteiger partial charge in [0.1, 0.15) is 5.75 Å². The van der Waals surface area contributed by atoms with Crippen molar-refractivity contribution in [3.05, 3.63) is 29.8 Å². The van der Waals surface area contributed by atoms with Crippen molar-refractivity contribution in [1.29, 1.82) is 0 Å². The number of halogens is 3. The van der Waals surface area contributed by atoms with Crippen molar-refractivity contribution in [1.82, 2.24) is 0 Å². The monoisotopic (exact) mass is 246 g/mol. The molecule has 0 N–H and O–H groups in total. The highest BCUT2D eigenvalue weighted by Crippen LogP contribution is 2.21. The number of hydrogen-bond donors (Lipinski definition) is 0. The molecular formula is C12H13F3O2. The number of carbonyl (C=O) groups excluding carboxylic acids is 1. The Morgan fingerprint density at radius 1 is 1.24 bits per heavy atom. The van der Waals surface area contributed by atoms with Gasteiger partial charge in [0.15, 0.2) is 5.78 Å². The van der Waals surface area contributed by atoms with Crippen LogP contribution in [-0.2, 0) is 0 Å². The van der Waals surface area contributed by atoms with Crippen LogP contribution in [0.5, 0.6) is 5.75 Å². The molecule has 1 aromatic rings. The van der Waals surface area contributed by atoms with Crippen LogP contribution in [0.25, 0.3) is 0 Å². The fourth-order valence-corrected chi connectivity index (χ4v) is 1.25. The fourth-order valence-electron chi connectivity index (χ4n) is 1.25. The number of rotatable bonds is 5. The second-order valence-electron chi connectivity index (χ2n) is 3.65. The highest BCUT2D eigenvalue weighted by Gasteiger charge is 2.26. The third kappa shape index (κ3) is 5.38. The highest BCUT2D eigenvalue weighted by atomic mass is 19.4. The van der Waals surface area contributed by atoms with Crippen LogP contribution in [0, 0.1) is 0 Å². The molecular weight excluding hydrogens is 233 g/mol. The van der Waals surface area contributed by atoms with Gasteiger partial charge in [0, 0.05) is 12.0 Å². The predicted molar refractivity (Wildman–Crippen MR) is 57.2 cm³/mol. The normalized spacial score (nSPS) is 11.3. The number of benzene rings is 1. The lowest BCUT2D eigenvalue weighted by atomic mass is 10.1. The summed E-state index contributed by atoms with van der Waals surface area (Å²) in [6.07, 6.45) is -5.06. The Morgan fingerprint density at radius 3 is 2.29 bits per heavy atom. The zero-order valence-electron chi connectivity index (χ0n) is 9.38. The second kappa shape index (κ2) is 5.70. The summed E-state index contributed by atoms with van der Waals surface area (Å²) in [5, 5.41) is 0. The average Bonchev–Trinajstić information content (AvgIpc) is 2.24. The maximum Gasteiger partial charge on any atom is 0.389 e. The molecule has 0 saturated carbocycles. The van der Waals surface area contributed by atoms with Crippen molar-refractivity contribution in [3.63, 3.8) is 0 Å². The molecule has 94 valence electrons. The van der Waals surface area contributed by atoms with E-state index >= 15 is 0 Å². The van der Waals surface area contributed by atoms with E-state index < -0.39 is 12.6 Å². The summed E-state index contributed by atoms with van der Waals surface area (Å²) in [7, 11) is 0. The molecule has 2 nitrogen and oxygen atoms in total. The van der Waals surface area contributed by atoms with E-state index in [0.717, 1.165) is 0 Å². The Balaban J connectivity index is 2.35. The molecule has 17 heavy (non-hydrogen) atoms. The lowest BCUT2D eigenvalue weighted by molar-refractivity contribution is -0.136. The zero-order chi connectivity index (χ0) is 12.9. The quantitative estimate of drug-likeness (QED) is 0.586. The minimum atomic E-state index is -4.14. The first-order valence-corrected chi connectivity index (χ1v) is 5.19. The largest absolute Gasteiger partial charge is 0.494 e. The topological polar surface area (TPSA) is 26.3 Å². The fraction of sp³-hybridized carbons (Fsp3) is 0.417. The van der Waals surface area contributed by atoms with Crippen molar-refractivity contribution in [2.75, 3.05) is 6.61 Å². The van der Waals surface area contributed by atoms with Crippen LogP contribution in [0.4, 0.5) is 13.2 Å². The first-order valence-electron chi connectivity index (χ1n) is 5.19. The number of Topliss-reactive ketones (excluding diaryl/α,β-unsaturated/α-hetero) is 1. The number of alkyl halides is 3. The molecule has 0 radical (unpaired) electrons. The third-order valence-corrected chi connectivity index (χ3v) is 2.13. The molecule has 0 aliphatic heterocycles. The molecule has 0 unspecified atom stereocenters. The summed E-state index contributed by atoms with van der Waals surface area (Å²) in [6.45, 7) is 1.46. The van der Waals surface area contributed by atoms with E-state index in [-0.39, 0.29) is 18.8 Å². The maximum atomic E-state index is 11.8. The SMILES string of the molecule is CC(=O)c1ccc(OCCCC(F)(F)F)cc1. The van der Waals surface area contributed by atoms with E-state index in [4.69, 9.17) is 4.74 Å². The number of ether oxygens (including phenoxy) is 1. The average molecular weight is 246 g/mol. The molecule has 0 fully saturated rings. The zero-order valence-corrected chi connectivity index (χ0v) is 9.38. The molecule has 0 aromatic heterocycles. The summed E-state index contributed by atoms with van der Waals surface area (Å²) in [5.41, 5.74) is 0.549. The van der Waals surface area contributed by atoms with Gasteiger partial charge in [-0.1, -0.05) is 0 Å². The van der Waals surface area contributed by atoms with E-state index in [1.165, 1.54) is 6.92 Å². The Labute approximate surface area is 97.4 Å². The van der Waals surface area contributed by atoms with E-state index in [2.05, 4.69) is 0 Å². The van der Waals surface area contributed by atoms with Crippen molar-refractivity contribution in [3.8, 4) is 5.75 Å². The minimum absolute atomic E-state index is 0.0128. The van der Waals surface area contributed by atoms with Crippen molar-refractivity contribution >= 4 is 5.78 Å². The second-order valence-corrected chi connectivity index (χ2v) is 3.65. The van der Waals surface area contributed by atoms with Crippen LogP contribution in [0.15, 0.2) is 24.3 Å². The van der Waals surface area contributed by atoms with Crippen LogP contribution in [-0.4, -0.2) is 18.6 Å². The van der Waals surface area contributed by atoms with Gasteiger partial charge in [0.05, 0.1) is 6.61 Å². The molecule has 0 bridgehead atoms. The van der Waals surface area contributed by atoms with Gasteiger partial charge in [-0.15, -0.1) is 0 Å². The van der Waals surface area contributed by atoms with E-state index in [0.29, 0.717) is 11.3 Å².